The second kappa shape index (κ2) is 7.06. The first-order valence-electron chi connectivity index (χ1n) is 9.06. The lowest BCUT2D eigenvalue weighted by Crippen LogP contribution is -2.40. The maximum atomic E-state index is 12.6. The highest BCUT2D eigenvalue weighted by Crippen LogP contribution is 2.23. The Labute approximate surface area is 159 Å². The van der Waals surface area contributed by atoms with E-state index in [9.17, 15) is 9.59 Å². The van der Waals surface area contributed by atoms with Crippen LogP contribution in [-0.2, 0) is 17.7 Å². The lowest BCUT2D eigenvalue weighted by atomic mass is 10.0. The number of rotatable bonds is 2. The van der Waals surface area contributed by atoms with Gasteiger partial charge in [0, 0.05) is 17.8 Å². The van der Waals surface area contributed by atoms with Crippen molar-refractivity contribution in [3.63, 3.8) is 0 Å². The van der Waals surface area contributed by atoms with Gasteiger partial charge in [-0.3, -0.25) is 9.89 Å². The molecule has 0 saturated heterocycles. The number of benzene rings is 1. The van der Waals surface area contributed by atoms with Gasteiger partial charge in [-0.2, -0.15) is 5.10 Å². The lowest BCUT2D eigenvalue weighted by molar-refractivity contribution is 0.0221. The van der Waals surface area contributed by atoms with E-state index in [1.165, 1.54) is 5.56 Å². The Bertz CT molecular complexity index is 880. The molecule has 3 rings (SSSR count). The molecule has 0 fully saturated rings. The molecule has 1 aliphatic rings. The van der Waals surface area contributed by atoms with Crippen molar-refractivity contribution in [1.82, 2.24) is 15.1 Å². The van der Waals surface area contributed by atoms with E-state index >= 15 is 0 Å². The molecule has 0 unspecified atom stereocenters. The Hall–Kier alpha value is -2.83. The number of hydrogen-bond acceptors (Lipinski definition) is 4. The number of anilines is 1. The smallest absolute Gasteiger partial charge is 0.410 e. The van der Waals surface area contributed by atoms with E-state index in [1.807, 2.05) is 52.8 Å². The van der Waals surface area contributed by atoms with E-state index in [2.05, 4.69) is 15.5 Å². The molecule has 144 valence electrons. The van der Waals surface area contributed by atoms with Crippen LogP contribution in [0.5, 0.6) is 0 Å². The van der Waals surface area contributed by atoms with Crippen molar-refractivity contribution in [3.8, 4) is 0 Å². The number of fused-ring (bicyclic) bond motifs is 1. The summed E-state index contributed by atoms with van der Waals surface area (Å²) in [6.45, 7) is 10.4. The second-order valence-electron chi connectivity index (χ2n) is 7.93. The largest absolute Gasteiger partial charge is 0.444 e. The van der Waals surface area contributed by atoms with Crippen LogP contribution in [0.25, 0.3) is 0 Å². The third-order valence-corrected chi connectivity index (χ3v) is 4.57. The molecule has 2 N–H and O–H groups in total. The summed E-state index contributed by atoms with van der Waals surface area (Å²) >= 11 is 0. The summed E-state index contributed by atoms with van der Waals surface area (Å²) in [7, 11) is 0. The molecule has 27 heavy (non-hydrogen) atoms. The third kappa shape index (κ3) is 4.30. The standard InChI is InChI=1S/C20H26N4O3/c1-12-6-7-14(10-13(12)2)21-18(25)17-15-8-9-24(11-16(15)22-23-17)19(26)27-20(3,4)5/h6-7,10H,8-9,11H2,1-5H3,(H,21,25)(H,22,23). The molecule has 7 nitrogen and oxygen atoms in total. The maximum absolute atomic E-state index is 12.6. The predicted octanol–water partition coefficient (Wildman–Crippen LogP) is 3.57. The zero-order chi connectivity index (χ0) is 19.8. The summed E-state index contributed by atoms with van der Waals surface area (Å²) in [4.78, 5) is 26.5. The van der Waals surface area contributed by atoms with Gasteiger partial charge in [0.15, 0.2) is 5.69 Å². The van der Waals surface area contributed by atoms with Crippen LogP contribution in [0, 0.1) is 13.8 Å². The minimum absolute atomic E-state index is 0.249. The van der Waals surface area contributed by atoms with Crippen molar-refractivity contribution in [1.29, 1.82) is 0 Å². The average molecular weight is 370 g/mol. The highest BCUT2D eigenvalue weighted by molar-refractivity contribution is 6.04. The Kier molecular flexibility index (Phi) is 4.95. The summed E-state index contributed by atoms with van der Waals surface area (Å²) < 4.78 is 5.42. The van der Waals surface area contributed by atoms with Crippen LogP contribution < -0.4 is 5.32 Å². The quantitative estimate of drug-likeness (QED) is 0.846. The van der Waals surface area contributed by atoms with Gasteiger partial charge in [0.2, 0.25) is 0 Å². The molecular weight excluding hydrogens is 344 g/mol. The number of nitrogens with zero attached hydrogens (tertiary/aromatic N) is 2. The van der Waals surface area contributed by atoms with Crippen LogP contribution in [0.4, 0.5) is 10.5 Å². The lowest BCUT2D eigenvalue weighted by Gasteiger charge is -2.29. The SMILES string of the molecule is Cc1ccc(NC(=O)c2n[nH]c3c2CCN(C(=O)OC(C)(C)C)C3)cc1C. The summed E-state index contributed by atoms with van der Waals surface area (Å²) in [5.74, 6) is -0.249. The van der Waals surface area contributed by atoms with Crippen molar-refractivity contribution in [2.24, 2.45) is 0 Å². The van der Waals surface area contributed by atoms with Gasteiger partial charge in [-0.05, 0) is 64.3 Å². The van der Waals surface area contributed by atoms with Crippen LogP contribution in [0.1, 0.15) is 53.6 Å². The molecule has 0 radical (unpaired) electrons. The van der Waals surface area contributed by atoms with Gasteiger partial charge in [-0.1, -0.05) is 6.07 Å². The molecule has 0 saturated carbocycles. The van der Waals surface area contributed by atoms with Gasteiger partial charge < -0.3 is 15.0 Å². The first-order valence-corrected chi connectivity index (χ1v) is 9.06. The van der Waals surface area contributed by atoms with E-state index in [0.717, 1.165) is 22.5 Å². The number of carbonyl (C=O) groups excluding carboxylic acids is 2. The summed E-state index contributed by atoms with van der Waals surface area (Å²) in [5, 5.41) is 9.99. The number of aryl methyl sites for hydroxylation is 2. The maximum Gasteiger partial charge on any atom is 0.410 e. The molecule has 2 heterocycles. The topological polar surface area (TPSA) is 87.3 Å². The van der Waals surface area contributed by atoms with E-state index in [1.54, 1.807) is 4.90 Å². The number of aromatic nitrogens is 2. The van der Waals surface area contributed by atoms with Gasteiger partial charge in [-0.25, -0.2) is 4.79 Å². The van der Waals surface area contributed by atoms with Crippen LogP contribution in [0.15, 0.2) is 18.2 Å². The van der Waals surface area contributed by atoms with Gasteiger partial charge in [0.05, 0.1) is 12.2 Å². The van der Waals surface area contributed by atoms with Gasteiger partial charge in [-0.15, -0.1) is 0 Å². The molecule has 2 amide bonds. The Morgan fingerprint density at radius 2 is 1.96 bits per heavy atom. The molecule has 1 aromatic carbocycles. The summed E-state index contributed by atoms with van der Waals surface area (Å²) in [6, 6.07) is 5.80. The molecule has 0 bridgehead atoms. The van der Waals surface area contributed by atoms with E-state index in [-0.39, 0.29) is 12.0 Å². The van der Waals surface area contributed by atoms with E-state index < -0.39 is 5.60 Å². The number of aromatic amines is 1. The van der Waals surface area contributed by atoms with Gasteiger partial charge in [0.1, 0.15) is 5.60 Å². The summed E-state index contributed by atoms with van der Waals surface area (Å²) in [6.07, 6.45) is 0.199. The van der Waals surface area contributed by atoms with E-state index in [4.69, 9.17) is 4.74 Å². The van der Waals surface area contributed by atoms with Crippen molar-refractivity contribution in [2.45, 2.75) is 53.2 Å². The molecule has 1 aliphatic heterocycles. The number of nitrogens with one attached hydrogen (secondary N) is 2. The highest BCUT2D eigenvalue weighted by atomic mass is 16.6. The monoisotopic (exact) mass is 370 g/mol. The van der Waals surface area contributed by atoms with Gasteiger partial charge in [0.25, 0.3) is 5.91 Å². The molecule has 2 aromatic rings. The fraction of sp³-hybridized carbons (Fsp3) is 0.450. The van der Waals surface area contributed by atoms with Crippen LogP contribution in [0.2, 0.25) is 0 Å². The number of ether oxygens (including phenoxy) is 1. The van der Waals surface area contributed by atoms with Gasteiger partial charge >= 0.3 is 6.09 Å². The average Bonchev–Trinajstić information content (AvgIpc) is 3.00. The van der Waals surface area contributed by atoms with Crippen molar-refractivity contribution in [2.75, 3.05) is 11.9 Å². The fourth-order valence-corrected chi connectivity index (χ4v) is 3.00. The molecule has 7 heteroatoms. The van der Waals surface area contributed by atoms with Crippen LogP contribution in [-0.4, -0.2) is 39.2 Å². The first-order chi connectivity index (χ1) is 12.6. The zero-order valence-corrected chi connectivity index (χ0v) is 16.5. The fourth-order valence-electron chi connectivity index (χ4n) is 3.00. The Balaban J connectivity index is 1.71. The van der Waals surface area contributed by atoms with Crippen LogP contribution >= 0.6 is 0 Å². The highest BCUT2D eigenvalue weighted by Gasteiger charge is 2.30. The predicted molar refractivity (Wildman–Crippen MR) is 103 cm³/mol. The number of carbonyl (C=O) groups is 2. The minimum Gasteiger partial charge on any atom is -0.444 e. The molecule has 1 aromatic heterocycles. The number of H-pyrrole nitrogens is 1. The molecule has 0 spiro atoms. The molecule has 0 aliphatic carbocycles. The molecule has 0 atom stereocenters. The zero-order valence-electron chi connectivity index (χ0n) is 16.5. The van der Waals surface area contributed by atoms with Crippen molar-refractivity contribution < 1.29 is 14.3 Å². The summed E-state index contributed by atoms with van der Waals surface area (Å²) in [5.41, 5.74) is 4.51. The molecular formula is C20H26N4O3. The number of hydrogen-bond donors (Lipinski definition) is 2. The Morgan fingerprint density at radius 3 is 2.63 bits per heavy atom. The second-order valence-corrected chi connectivity index (χ2v) is 7.93. The minimum atomic E-state index is -0.539. The van der Waals surface area contributed by atoms with Crippen LogP contribution in [0.3, 0.4) is 0 Å². The number of amides is 2. The van der Waals surface area contributed by atoms with E-state index in [0.29, 0.717) is 25.2 Å². The van der Waals surface area contributed by atoms with Crippen molar-refractivity contribution >= 4 is 17.7 Å². The Morgan fingerprint density at radius 1 is 1.22 bits per heavy atom. The normalized spacial score (nSPS) is 13.9. The first kappa shape index (κ1) is 18.9. The van der Waals surface area contributed by atoms with Crippen molar-refractivity contribution in [3.05, 3.63) is 46.3 Å². The third-order valence-electron chi connectivity index (χ3n) is 4.57.